The molecule has 1 fully saturated rings. The molecular weight excluding hydrogens is 194 g/mol. The van der Waals surface area contributed by atoms with E-state index >= 15 is 0 Å². The Balaban J connectivity index is 2.21. The number of nitrogens with one attached hydrogen (secondary N) is 3. The zero-order valence-electron chi connectivity index (χ0n) is 9.14. The topological polar surface area (TPSA) is 70.2 Å². The molecule has 1 rings (SSSR count). The van der Waals surface area contributed by atoms with Crippen LogP contribution < -0.4 is 16.0 Å². The summed E-state index contributed by atoms with van der Waals surface area (Å²) in [5, 5.41) is 8.11. The third-order valence-corrected chi connectivity index (χ3v) is 2.41. The first-order valence-electron chi connectivity index (χ1n) is 5.56. The second kappa shape index (κ2) is 6.27. The van der Waals surface area contributed by atoms with Gasteiger partial charge in [0.1, 0.15) is 6.04 Å². The highest BCUT2D eigenvalue weighted by atomic mass is 16.2. The number of unbranched alkanes of at least 4 members (excludes halogenated alkanes) is 1. The quantitative estimate of drug-likeness (QED) is 0.590. The average molecular weight is 213 g/mol. The number of amides is 3. The van der Waals surface area contributed by atoms with Crippen LogP contribution in [0.25, 0.3) is 0 Å². The summed E-state index contributed by atoms with van der Waals surface area (Å²) in [5.41, 5.74) is 0. The standard InChI is InChI=1S/C10H19N3O2/c1-2-3-6-12-10(15)13-8-5-4-7-11-9(8)14/h8H,2-7H2,1H3,(H,11,14)(H2,12,13,15). The Morgan fingerprint density at radius 2 is 2.40 bits per heavy atom. The van der Waals surface area contributed by atoms with Crippen molar-refractivity contribution in [2.24, 2.45) is 0 Å². The van der Waals surface area contributed by atoms with Gasteiger partial charge in [-0.15, -0.1) is 0 Å². The van der Waals surface area contributed by atoms with E-state index in [4.69, 9.17) is 0 Å². The van der Waals surface area contributed by atoms with Gasteiger partial charge in [0, 0.05) is 13.1 Å². The molecule has 1 saturated heterocycles. The molecule has 0 radical (unpaired) electrons. The lowest BCUT2D eigenvalue weighted by molar-refractivity contribution is -0.124. The molecule has 0 aromatic carbocycles. The highest BCUT2D eigenvalue weighted by Gasteiger charge is 2.22. The molecule has 5 nitrogen and oxygen atoms in total. The van der Waals surface area contributed by atoms with Crippen LogP contribution in [-0.4, -0.2) is 31.1 Å². The highest BCUT2D eigenvalue weighted by molar-refractivity contribution is 5.87. The predicted molar refractivity (Wildman–Crippen MR) is 57.5 cm³/mol. The summed E-state index contributed by atoms with van der Waals surface area (Å²) in [6, 6.07) is -0.606. The zero-order valence-corrected chi connectivity index (χ0v) is 9.14. The van der Waals surface area contributed by atoms with E-state index in [1.54, 1.807) is 0 Å². The van der Waals surface area contributed by atoms with Crippen molar-refractivity contribution in [2.75, 3.05) is 13.1 Å². The Bertz CT molecular complexity index is 231. The lowest BCUT2D eigenvalue weighted by atomic mass is 10.1. The van der Waals surface area contributed by atoms with E-state index in [0.29, 0.717) is 13.1 Å². The lowest BCUT2D eigenvalue weighted by Crippen LogP contribution is -2.52. The van der Waals surface area contributed by atoms with Crippen molar-refractivity contribution in [1.82, 2.24) is 16.0 Å². The zero-order chi connectivity index (χ0) is 11.1. The Kier molecular flexibility index (Phi) is 4.93. The second-order valence-electron chi connectivity index (χ2n) is 3.74. The van der Waals surface area contributed by atoms with Gasteiger partial charge >= 0.3 is 6.03 Å². The number of urea groups is 1. The van der Waals surface area contributed by atoms with E-state index in [2.05, 4.69) is 22.9 Å². The predicted octanol–water partition coefficient (Wildman–Crippen LogP) is 0.364. The maximum atomic E-state index is 11.3. The summed E-state index contributed by atoms with van der Waals surface area (Å²) in [6.45, 7) is 3.44. The number of hydrogen-bond acceptors (Lipinski definition) is 2. The molecule has 86 valence electrons. The third kappa shape index (κ3) is 4.18. The summed E-state index contributed by atoms with van der Waals surface area (Å²) >= 11 is 0. The first kappa shape index (κ1) is 11.8. The molecule has 1 aliphatic heterocycles. The van der Waals surface area contributed by atoms with Gasteiger partial charge in [0.15, 0.2) is 0 Å². The molecule has 1 aliphatic rings. The molecule has 0 bridgehead atoms. The fraction of sp³-hybridized carbons (Fsp3) is 0.800. The van der Waals surface area contributed by atoms with Crippen LogP contribution >= 0.6 is 0 Å². The molecule has 1 unspecified atom stereocenters. The van der Waals surface area contributed by atoms with Crippen LogP contribution in [0.1, 0.15) is 32.6 Å². The van der Waals surface area contributed by atoms with Crippen molar-refractivity contribution in [3.05, 3.63) is 0 Å². The summed E-state index contributed by atoms with van der Waals surface area (Å²) in [4.78, 5) is 22.6. The van der Waals surface area contributed by atoms with Gasteiger partial charge in [0.2, 0.25) is 5.91 Å². The van der Waals surface area contributed by atoms with Crippen molar-refractivity contribution < 1.29 is 9.59 Å². The van der Waals surface area contributed by atoms with Crippen LogP contribution in [0, 0.1) is 0 Å². The maximum absolute atomic E-state index is 11.3. The van der Waals surface area contributed by atoms with Crippen LogP contribution in [0.5, 0.6) is 0 Å². The molecule has 3 amide bonds. The highest BCUT2D eigenvalue weighted by Crippen LogP contribution is 2.02. The maximum Gasteiger partial charge on any atom is 0.315 e. The minimum atomic E-state index is -0.361. The number of rotatable bonds is 4. The second-order valence-corrected chi connectivity index (χ2v) is 3.74. The SMILES string of the molecule is CCCCNC(=O)NC1CCCNC1=O. The van der Waals surface area contributed by atoms with Crippen LogP contribution in [0.2, 0.25) is 0 Å². The normalized spacial score (nSPS) is 20.6. The first-order chi connectivity index (χ1) is 7.24. The number of carbonyl (C=O) groups excluding carboxylic acids is 2. The van der Waals surface area contributed by atoms with E-state index in [9.17, 15) is 9.59 Å². The van der Waals surface area contributed by atoms with Gasteiger partial charge in [0.05, 0.1) is 0 Å². The number of carbonyl (C=O) groups is 2. The molecule has 5 heteroatoms. The third-order valence-electron chi connectivity index (χ3n) is 2.41. The van der Waals surface area contributed by atoms with Gasteiger partial charge < -0.3 is 16.0 Å². The summed E-state index contributed by atoms with van der Waals surface area (Å²) in [7, 11) is 0. The molecule has 0 saturated carbocycles. The van der Waals surface area contributed by atoms with Crippen molar-refractivity contribution in [1.29, 1.82) is 0 Å². The van der Waals surface area contributed by atoms with Gasteiger partial charge in [-0.2, -0.15) is 0 Å². The molecule has 15 heavy (non-hydrogen) atoms. The summed E-state index contributed by atoms with van der Waals surface area (Å²) in [6.07, 6.45) is 3.66. The van der Waals surface area contributed by atoms with Crippen LogP contribution in [0.3, 0.4) is 0 Å². The average Bonchev–Trinajstić information content (AvgIpc) is 2.22. The monoisotopic (exact) mass is 213 g/mol. The van der Waals surface area contributed by atoms with E-state index in [0.717, 1.165) is 25.7 Å². The summed E-state index contributed by atoms with van der Waals surface area (Å²) in [5.74, 6) is -0.0770. The smallest absolute Gasteiger partial charge is 0.315 e. The van der Waals surface area contributed by atoms with Crippen molar-refractivity contribution in [2.45, 2.75) is 38.6 Å². The molecule has 0 aromatic heterocycles. The van der Waals surface area contributed by atoms with Gasteiger partial charge in [0.25, 0.3) is 0 Å². The first-order valence-corrected chi connectivity index (χ1v) is 5.56. The Hall–Kier alpha value is -1.26. The molecule has 0 aliphatic carbocycles. The molecular formula is C10H19N3O2. The van der Waals surface area contributed by atoms with Crippen molar-refractivity contribution in [3.8, 4) is 0 Å². The van der Waals surface area contributed by atoms with E-state index in [-0.39, 0.29) is 18.0 Å². The van der Waals surface area contributed by atoms with Crippen LogP contribution in [0.15, 0.2) is 0 Å². The van der Waals surface area contributed by atoms with Crippen LogP contribution in [0.4, 0.5) is 4.79 Å². The van der Waals surface area contributed by atoms with E-state index < -0.39 is 0 Å². The molecule has 3 N–H and O–H groups in total. The largest absolute Gasteiger partial charge is 0.354 e. The summed E-state index contributed by atoms with van der Waals surface area (Å²) < 4.78 is 0. The van der Waals surface area contributed by atoms with Crippen LogP contribution in [-0.2, 0) is 4.79 Å². The van der Waals surface area contributed by atoms with E-state index in [1.165, 1.54) is 0 Å². The molecule has 0 aromatic rings. The minimum Gasteiger partial charge on any atom is -0.354 e. The fourth-order valence-electron chi connectivity index (χ4n) is 1.50. The fourth-order valence-corrected chi connectivity index (χ4v) is 1.50. The van der Waals surface area contributed by atoms with Crippen molar-refractivity contribution in [3.63, 3.8) is 0 Å². The molecule has 1 heterocycles. The Labute approximate surface area is 90.0 Å². The van der Waals surface area contributed by atoms with Gasteiger partial charge in [-0.05, 0) is 19.3 Å². The molecule has 1 atom stereocenters. The van der Waals surface area contributed by atoms with Gasteiger partial charge in [-0.1, -0.05) is 13.3 Å². The molecule has 0 spiro atoms. The number of hydrogen-bond donors (Lipinski definition) is 3. The minimum absolute atomic E-state index is 0.0770. The number of piperidine rings is 1. The Morgan fingerprint density at radius 3 is 3.07 bits per heavy atom. The lowest BCUT2D eigenvalue weighted by Gasteiger charge is -2.22. The van der Waals surface area contributed by atoms with Gasteiger partial charge in [-0.25, -0.2) is 4.79 Å². The Morgan fingerprint density at radius 1 is 1.60 bits per heavy atom. The van der Waals surface area contributed by atoms with Crippen molar-refractivity contribution >= 4 is 11.9 Å². The van der Waals surface area contributed by atoms with Gasteiger partial charge in [-0.3, -0.25) is 4.79 Å². The van der Waals surface area contributed by atoms with E-state index in [1.807, 2.05) is 0 Å².